The molecule has 86 valence electrons. The van der Waals surface area contributed by atoms with E-state index in [2.05, 4.69) is 36.5 Å². The fraction of sp³-hybridized carbons (Fsp3) is 0.462. The van der Waals surface area contributed by atoms with E-state index in [0.29, 0.717) is 12.5 Å². The van der Waals surface area contributed by atoms with E-state index in [0.717, 1.165) is 18.6 Å². The largest absolute Gasteiger partial charge is 0.352 e. The zero-order valence-electron chi connectivity index (χ0n) is 9.53. The van der Waals surface area contributed by atoms with Crippen molar-refractivity contribution in [2.24, 2.45) is 5.92 Å². The molecule has 1 fully saturated rings. The van der Waals surface area contributed by atoms with Crippen molar-refractivity contribution >= 4 is 17.7 Å². The van der Waals surface area contributed by atoms with Crippen molar-refractivity contribution in [3.05, 3.63) is 29.8 Å². The van der Waals surface area contributed by atoms with Crippen LogP contribution in [0.3, 0.4) is 0 Å². The van der Waals surface area contributed by atoms with Crippen LogP contribution in [0.2, 0.25) is 0 Å². The van der Waals surface area contributed by atoms with E-state index in [1.165, 1.54) is 10.5 Å². The smallest absolute Gasteiger partial charge is 0.223 e. The molecule has 0 heterocycles. The Labute approximate surface area is 101 Å². The van der Waals surface area contributed by atoms with Gasteiger partial charge in [0.15, 0.2) is 0 Å². The summed E-state index contributed by atoms with van der Waals surface area (Å²) in [6.07, 6.45) is 2.13. The van der Waals surface area contributed by atoms with Gasteiger partial charge in [-0.2, -0.15) is 0 Å². The van der Waals surface area contributed by atoms with Gasteiger partial charge in [-0.15, -0.1) is 11.8 Å². The summed E-state index contributed by atoms with van der Waals surface area (Å²) >= 11 is 1.84. The molecule has 1 aliphatic carbocycles. The second kappa shape index (κ2) is 5.39. The topological polar surface area (TPSA) is 29.1 Å². The van der Waals surface area contributed by atoms with Crippen LogP contribution in [-0.2, 0) is 11.3 Å². The summed E-state index contributed by atoms with van der Waals surface area (Å²) in [6.45, 7) is 2.81. The van der Waals surface area contributed by atoms with Crippen molar-refractivity contribution in [1.29, 1.82) is 0 Å². The Kier molecular flexibility index (Phi) is 3.88. The molecule has 1 aromatic carbocycles. The van der Waals surface area contributed by atoms with E-state index in [1.807, 2.05) is 11.8 Å². The van der Waals surface area contributed by atoms with Crippen LogP contribution in [0.25, 0.3) is 0 Å². The summed E-state index contributed by atoms with van der Waals surface area (Å²) in [7, 11) is 0. The summed E-state index contributed by atoms with van der Waals surface area (Å²) < 4.78 is 0. The van der Waals surface area contributed by atoms with Gasteiger partial charge < -0.3 is 5.32 Å². The van der Waals surface area contributed by atoms with Crippen LogP contribution in [0.5, 0.6) is 0 Å². The Hall–Kier alpha value is -0.960. The first-order valence-electron chi connectivity index (χ1n) is 5.79. The normalized spacial score (nSPS) is 14.8. The van der Waals surface area contributed by atoms with E-state index in [4.69, 9.17) is 0 Å². The number of thioether (sulfide) groups is 1. The van der Waals surface area contributed by atoms with Gasteiger partial charge in [0.25, 0.3) is 0 Å². The zero-order valence-corrected chi connectivity index (χ0v) is 10.3. The molecular formula is C13H17NOS. The Morgan fingerprint density at radius 2 is 2.06 bits per heavy atom. The molecule has 1 N–H and O–H groups in total. The van der Waals surface area contributed by atoms with Crippen LogP contribution in [0.1, 0.15) is 25.3 Å². The highest BCUT2D eigenvalue weighted by Gasteiger charge is 2.29. The quantitative estimate of drug-likeness (QED) is 0.795. The molecule has 1 aliphatic rings. The number of nitrogens with one attached hydrogen (secondary N) is 1. The maximum atomic E-state index is 11.4. The molecule has 1 saturated carbocycles. The number of rotatable bonds is 5. The van der Waals surface area contributed by atoms with Crippen molar-refractivity contribution in [2.45, 2.75) is 31.2 Å². The molecular weight excluding hydrogens is 218 g/mol. The lowest BCUT2D eigenvalue weighted by Crippen LogP contribution is -2.24. The van der Waals surface area contributed by atoms with Gasteiger partial charge in [-0.3, -0.25) is 4.79 Å². The van der Waals surface area contributed by atoms with E-state index in [1.54, 1.807) is 0 Å². The van der Waals surface area contributed by atoms with E-state index >= 15 is 0 Å². The van der Waals surface area contributed by atoms with Gasteiger partial charge >= 0.3 is 0 Å². The Balaban J connectivity index is 1.82. The molecule has 16 heavy (non-hydrogen) atoms. The molecule has 0 spiro atoms. The summed E-state index contributed by atoms with van der Waals surface area (Å²) in [5, 5.41) is 2.97. The van der Waals surface area contributed by atoms with Crippen molar-refractivity contribution in [3.8, 4) is 0 Å². The van der Waals surface area contributed by atoms with Crippen LogP contribution >= 0.6 is 11.8 Å². The third kappa shape index (κ3) is 3.27. The van der Waals surface area contributed by atoms with Gasteiger partial charge in [0.1, 0.15) is 0 Å². The molecule has 0 radical (unpaired) electrons. The maximum Gasteiger partial charge on any atom is 0.223 e. The monoisotopic (exact) mass is 235 g/mol. The molecule has 0 saturated heterocycles. The highest BCUT2D eigenvalue weighted by Crippen LogP contribution is 2.28. The highest BCUT2D eigenvalue weighted by molar-refractivity contribution is 7.99. The first-order valence-corrected chi connectivity index (χ1v) is 6.77. The molecule has 1 amide bonds. The number of hydrogen-bond donors (Lipinski definition) is 1. The number of carbonyl (C=O) groups is 1. The minimum Gasteiger partial charge on any atom is -0.352 e. The summed E-state index contributed by atoms with van der Waals surface area (Å²) in [6, 6.07) is 8.41. The Morgan fingerprint density at radius 1 is 1.38 bits per heavy atom. The zero-order chi connectivity index (χ0) is 11.4. The fourth-order valence-electron chi connectivity index (χ4n) is 1.55. The number of benzene rings is 1. The van der Waals surface area contributed by atoms with Gasteiger partial charge in [-0.25, -0.2) is 0 Å². The van der Waals surface area contributed by atoms with Gasteiger partial charge in [-0.05, 0) is 36.3 Å². The molecule has 0 aromatic heterocycles. The molecule has 0 atom stereocenters. The van der Waals surface area contributed by atoms with Crippen molar-refractivity contribution < 1.29 is 4.79 Å². The standard InChI is InChI=1S/C13H17NOS/c1-2-16-12-7-3-10(4-8-12)9-14-13(15)11-5-6-11/h3-4,7-8,11H,2,5-6,9H2,1H3,(H,14,15). The second-order valence-corrected chi connectivity index (χ2v) is 5.41. The highest BCUT2D eigenvalue weighted by atomic mass is 32.2. The van der Waals surface area contributed by atoms with Gasteiger partial charge in [-0.1, -0.05) is 19.1 Å². The predicted molar refractivity (Wildman–Crippen MR) is 67.4 cm³/mol. The second-order valence-electron chi connectivity index (χ2n) is 4.07. The summed E-state index contributed by atoms with van der Waals surface area (Å²) in [5.41, 5.74) is 1.18. The third-order valence-electron chi connectivity index (χ3n) is 2.65. The van der Waals surface area contributed by atoms with Crippen LogP contribution in [0, 0.1) is 5.92 Å². The summed E-state index contributed by atoms with van der Waals surface area (Å²) in [4.78, 5) is 12.7. The van der Waals surface area contributed by atoms with Gasteiger partial charge in [0.2, 0.25) is 5.91 Å². The molecule has 2 rings (SSSR count). The molecule has 3 heteroatoms. The number of carbonyl (C=O) groups excluding carboxylic acids is 1. The Bertz CT molecular complexity index is 357. The van der Waals surface area contributed by atoms with E-state index in [9.17, 15) is 4.79 Å². The first kappa shape index (κ1) is 11.5. The average molecular weight is 235 g/mol. The average Bonchev–Trinajstić information content (AvgIpc) is 3.12. The molecule has 0 unspecified atom stereocenters. The SMILES string of the molecule is CCSc1ccc(CNC(=O)C2CC2)cc1. The van der Waals surface area contributed by atoms with Crippen LogP contribution in [0.15, 0.2) is 29.2 Å². The number of hydrogen-bond acceptors (Lipinski definition) is 2. The van der Waals surface area contributed by atoms with Crippen LogP contribution in [-0.4, -0.2) is 11.7 Å². The van der Waals surface area contributed by atoms with Crippen molar-refractivity contribution in [3.63, 3.8) is 0 Å². The van der Waals surface area contributed by atoms with Gasteiger partial charge in [0.05, 0.1) is 0 Å². The van der Waals surface area contributed by atoms with E-state index in [-0.39, 0.29) is 5.91 Å². The van der Waals surface area contributed by atoms with Crippen molar-refractivity contribution in [1.82, 2.24) is 5.32 Å². The molecule has 1 aromatic rings. The van der Waals surface area contributed by atoms with Crippen LogP contribution < -0.4 is 5.32 Å². The van der Waals surface area contributed by atoms with Crippen LogP contribution in [0.4, 0.5) is 0 Å². The lowest BCUT2D eigenvalue weighted by Gasteiger charge is -2.05. The first-order chi connectivity index (χ1) is 7.79. The number of amides is 1. The minimum absolute atomic E-state index is 0.215. The fourth-order valence-corrected chi connectivity index (χ4v) is 2.21. The predicted octanol–water partition coefficient (Wildman–Crippen LogP) is 2.82. The molecule has 0 aliphatic heterocycles. The lowest BCUT2D eigenvalue weighted by molar-refractivity contribution is -0.122. The third-order valence-corrected chi connectivity index (χ3v) is 3.54. The maximum absolute atomic E-state index is 11.4. The Morgan fingerprint density at radius 3 is 2.62 bits per heavy atom. The minimum atomic E-state index is 0.215. The molecule has 0 bridgehead atoms. The van der Waals surface area contributed by atoms with Gasteiger partial charge in [0, 0.05) is 17.4 Å². The summed E-state index contributed by atoms with van der Waals surface area (Å²) in [5.74, 6) is 1.61. The molecule has 2 nitrogen and oxygen atoms in total. The van der Waals surface area contributed by atoms with E-state index < -0.39 is 0 Å². The van der Waals surface area contributed by atoms with Crippen molar-refractivity contribution in [2.75, 3.05) is 5.75 Å². The lowest BCUT2D eigenvalue weighted by atomic mass is 10.2.